The third kappa shape index (κ3) is 2.98. The summed E-state index contributed by atoms with van der Waals surface area (Å²) in [6.07, 6.45) is 1.67. The van der Waals surface area contributed by atoms with Gasteiger partial charge in [-0.3, -0.25) is 9.69 Å². The van der Waals surface area contributed by atoms with Crippen molar-refractivity contribution in [2.24, 2.45) is 17.4 Å². The molecule has 1 saturated heterocycles. The maximum absolute atomic E-state index is 11.3. The molecule has 3 unspecified atom stereocenters. The van der Waals surface area contributed by atoms with E-state index in [1.165, 1.54) is 0 Å². The molecule has 0 bridgehead atoms. The minimum Gasteiger partial charge on any atom is -0.465 e. The number of hydrogen-bond donors (Lipinski definition) is 2. The topological polar surface area (TPSA) is 85.5 Å². The van der Waals surface area contributed by atoms with Crippen LogP contribution in [-0.2, 0) is 4.79 Å². The quantitative estimate of drug-likeness (QED) is 0.837. The first-order valence-electron chi connectivity index (χ1n) is 6.88. The van der Waals surface area contributed by atoms with E-state index in [0.29, 0.717) is 6.54 Å². The van der Waals surface area contributed by atoms with Gasteiger partial charge in [0.1, 0.15) is 11.5 Å². The van der Waals surface area contributed by atoms with Gasteiger partial charge in [0.2, 0.25) is 5.91 Å². The van der Waals surface area contributed by atoms with Crippen LogP contribution in [0.1, 0.15) is 37.3 Å². The molecule has 0 aromatic carbocycles. The van der Waals surface area contributed by atoms with E-state index in [2.05, 4.69) is 11.8 Å². The number of aryl methyl sites for hydroxylation is 1. The van der Waals surface area contributed by atoms with E-state index in [-0.39, 0.29) is 23.9 Å². The molecule has 0 spiro atoms. The highest BCUT2D eigenvalue weighted by Gasteiger charge is 2.35. The summed E-state index contributed by atoms with van der Waals surface area (Å²) in [6.45, 7) is 5.50. The summed E-state index contributed by atoms with van der Waals surface area (Å²) < 4.78 is 5.74. The molecule has 1 aromatic heterocycles. The Balaban J connectivity index is 2.17. The number of rotatable bonds is 5. The molecule has 1 fully saturated rings. The number of hydrogen-bond acceptors (Lipinski definition) is 4. The van der Waals surface area contributed by atoms with Gasteiger partial charge in [-0.05, 0) is 38.4 Å². The SMILES string of the molecule is CCC(N)C(c1ccc(C)o1)N1CCC(C(N)=O)C1. The van der Waals surface area contributed by atoms with E-state index in [4.69, 9.17) is 15.9 Å². The molecule has 2 rings (SSSR count). The van der Waals surface area contributed by atoms with Gasteiger partial charge in [0.15, 0.2) is 0 Å². The van der Waals surface area contributed by atoms with Crippen molar-refractivity contribution in [3.63, 3.8) is 0 Å². The van der Waals surface area contributed by atoms with E-state index < -0.39 is 0 Å². The number of amides is 1. The zero-order chi connectivity index (χ0) is 14.0. The van der Waals surface area contributed by atoms with Gasteiger partial charge in [-0.15, -0.1) is 0 Å². The Morgan fingerprint density at radius 3 is 2.79 bits per heavy atom. The molecule has 1 amide bonds. The van der Waals surface area contributed by atoms with Crippen LogP contribution in [0.15, 0.2) is 16.5 Å². The molecular weight excluding hydrogens is 242 g/mol. The van der Waals surface area contributed by atoms with Gasteiger partial charge in [-0.1, -0.05) is 6.92 Å². The van der Waals surface area contributed by atoms with Crippen LogP contribution in [0.25, 0.3) is 0 Å². The zero-order valence-corrected chi connectivity index (χ0v) is 11.6. The second kappa shape index (κ2) is 5.75. The smallest absolute Gasteiger partial charge is 0.221 e. The standard InChI is InChI=1S/C14H23N3O2/c1-3-11(15)13(12-5-4-9(2)19-12)17-7-6-10(8-17)14(16)18/h4-5,10-11,13H,3,6-8,15H2,1-2H3,(H2,16,18). The molecular formula is C14H23N3O2. The lowest BCUT2D eigenvalue weighted by molar-refractivity contribution is -0.121. The van der Waals surface area contributed by atoms with Gasteiger partial charge in [0, 0.05) is 12.6 Å². The highest BCUT2D eigenvalue weighted by atomic mass is 16.3. The lowest BCUT2D eigenvalue weighted by Crippen LogP contribution is -2.40. The summed E-state index contributed by atoms with van der Waals surface area (Å²) in [4.78, 5) is 13.5. The van der Waals surface area contributed by atoms with Crippen molar-refractivity contribution >= 4 is 5.91 Å². The first-order valence-corrected chi connectivity index (χ1v) is 6.88. The fraction of sp³-hybridized carbons (Fsp3) is 0.643. The van der Waals surface area contributed by atoms with Gasteiger partial charge < -0.3 is 15.9 Å². The van der Waals surface area contributed by atoms with Crippen LogP contribution in [0.4, 0.5) is 0 Å². The summed E-state index contributed by atoms with van der Waals surface area (Å²) in [5, 5.41) is 0. The van der Waals surface area contributed by atoms with E-state index in [1.807, 2.05) is 19.1 Å². The number of carbonyl (C=O) groups is 1. The molecule has 2 heterocycles. The van der Waals surface area contributed by atoms with Crippen LogP contribution in [0.2, 0.25) is 0 Å². The first-order chi connectivity index (χ1) is 9.02. The molecule has 1 aromatic rings. The zero-order valence-electron chi connectivity index (χ0n) is 11.6. The predicted molar refractivity (Wildman–Crippen MR) is 73.3 cm³/mol. The number of primary amides is 1. The van der Waals surface area contributed by atoms with E-state index >= 15 is 0 Å². The van der Waals surface area contributed by atoms with Crippen molar-refractivity contribution in [1.29, 1.82) is 0 Å². The number of likely N-dealkylation sites (tertiary alicyclic amines) is 1. The van der Waals surface area contributed by atoms with Crippen LogP contribution in [-0.4, -0.2) is 29.9 Å². The summed E-state index contributed by atoms with van der Waals surface area (Å²) in [5.74, 6) is 1.48. The monoisotopic (exact) mass is 265 g/mol. The Bertz CT molecular complexity index is 444. The normalized spacial score (nSPS) is 23.4. The molecule has 3 atom stereocenters. The van der Waals surface area contributed by atoms with Crippen molar-refractivity contribution in [3.8, 4) is 0 Å². The van der Waals surface area contributed by atoms with Crippen LogP contribution >= 0.6 is 0 Å². The molecule has 4 N–H and O–H groups in total. The second-order valence-electron chi connectivity index (χ2n) is 5.35. The number of nitrogens with zero attached hydrogens (tertiary/aromatic N) is 1. The number of nitrogens with two attached hydrogens (primary N) is 2. The summed E-state index contributed by atoms with van der Waals surface area (Å²) >= 11 is 0. The largest absolute Gasteiger partial charge is 0.465 e. The Morgan fingerprint density at radius 1 is 1.58 bits per heavy atom. The Hall–Kier alpha value is -1.33. The van der Waals surface area contributed by atoms with E-state index in [1.54, 1.807) is 0 Å². The average Bonchev–Trinajstić information content (AvgIpc) is 2.99. The second-order valence-corrected chi connectivity index (χ2v) is 5.35. The first kappa shape index (κ1) is 14.1. The summed E-state index contributed by atoms with van der Waals surface area (Å²) in [6, 6.07) is 3.96. The molecule has 106 valence electrons. The maximum atomic E-state index is 11.3. The molecule has 19 heavy (non-hydrogen) atoms. The molecule has 5 nitrogen and oxygen atoms in total. The van der Waals surface area contributed by atoms with E-state index in [9.17, 15) is 4.79 Å². The van der Waals surface area contributed by atoms with Gasteiger partial charge in [-0.25, -0.2) is 0 Å². The van der Waals surface area contributed by atoms with Crippen LogP contribution in [0.5, 0.6) is 0 Å². The average molecular weight is 265 g/mol. The third-order valence-electron chi connectivity index (χ3n) is 3.95. The molecule has 1 aliphatic heterocycles. The highest BCUT2D eigenvalue weighted by molar-refractivity contribution is 5.77. The predicted octanol–water partition coefficient (Wildman–Crippen LogP) is 1.17. The van der Waals surface area contributed by atoms with Crippen LogP contribution in [0, 0.1) is 12.8 Å². The Morgan fingerprint density at radius 2 is 2.32 bits per heavy atom. The van der Waals surface area contributed by atoms with Crippen molar-refractivity contribution < 1.29 is 9.21 Å². The van der Waals surface area contributed by atoms with Crippen molar-refractivity contribution in [1.82, 2.24) is 4.90 Å². The summed E-state index contributed by atoms with van der Waals surface area (Å²) in [7, 11) is 0. The van der Waals surface area contributed by atoms with Gasteiger partial charge >= 0.3 is 0 Å². The summed E-state index contributed by atoms with van der Waals surface area (Å²) in [5.41, 5.74) is 11.6. The Kier molecular flexibility index (Phi) is 4.27. The lowest BCUT2D eigenvalue weighted by Gasteiger charge is -2.30. The maximum Gasteiger partial charge on any atom is 0.221 e. The lowest BCUT2D eigenvalue weighted by atomic mass is 10.0. The fourth-order valence-corrected chi connectivity index (χ4v) is 2.77. The molecule has 5 heteroatoms. The van der Waals surface area contributed by atoms with Crippen molar-refractivity contribution in [2.75, 3.05) is 13.1 Å². The number of carbonyl (C=O) groups excluding carboxylic acids is 1. The number of furan rings is 1. The fourth-order valence-electron chi connectivity index (χ4n) is 2.77. The van der Waals surface area contributed by atoms with Gasteiger partial charge in [0.25, 0.3) is 0 Å². The van der Waals surface area contributed by atoms with Crippen molar-refractivity contribution in [3.05, 3.63) is 23.7 Å². The highest BCUT2D eigenvalue weighted by Crippen LogP contribution is 2.31. The van der Waals surface area contributed by atoms with Crippen molar-refractivity contribution in [2.45, 2.75) is 38.8 Å². The van der Waals surface area contributed by atoms with Gasteiger partial charge in [0.05, 0.1) is 12.0 Å². The van der Waals surface area contributed by atoms with Crippen LogP contribution < -0.4 is 11.5 Å². The molecule has 0 aliphatic carbocycles. The van der Waals surface area contributed by atoms with Crippen LogP contribution in [0.3, 0.4) is 0 Å². The molecule has 1 aliphatic rings. The minimum atomic E-state index is -0.220. The third-order valence-corrected chi connectivity index (χ3v) is 3.95. The minimum absolute atomic E-state index is 0.00261. The van der Waals surface area contributed by atoms with Gasteiger partial charge in [-0.2, -0.15) is 0 Å². The van der Waals surface area contributed by atoms with E-state index in [0.717, 1.165) is 30.9 Å². The molecule has 0 radical (unpaired) electrons. The Labute approximate surface area is 113 Å². The molecule has 0 saturated carbocycles.